The number of hydrogen-bond acceptors (Lipinski definition) is 4. The molecule has 2 heterocycles. The van der Waals surface area contributed by atoms with Gasteiger partial charge in [0, 0.05) is 18.8 Å². The number of halogens is 3. The number of piperidine rings is 1. The first-order valence-corrected chi connectivity index (χ1v) is 10.3. The number of aromatic nitrogens is 2. The van der Waals surface area contributed by atoms with Gasteiger partial charge in [-0.3, -0.25) is 4.79 Å². The van der Waals surface area contributed by atoms with Crippen molar-refractivity contribution in [1.29, 1.82) is 0 Å². The number of carbonyl (C=O) groups is 1. The smallest absolute Gasteiger partial charge is 0.354 e. The summed E-state index contributed by atoms with van der Waals surface area (Å²) in [4.78, 5) is 22.6. The van der Waals surface area contributed by atoms with E-state index in [0.29, 0.717) is 24.9 Å². The predicted molar refractivity (Wildman–Crippen MR) is 114 cm³/mol. The molecule has 1 aromatic heterocycles. The average molecular weight is 428 g/mol. The summed E-state index contributed by atoms with van der Waals surface area (Å²) in [6, 6.07) is 14.0. The highest BCUT2D eigenvalue weighted by Crippen LogP contribution is 2.36. The Bertz CT molecular complexity index is 1100. The van der Waals surface area contributed by atoms with Crippen molar-refractivity contribution in [3.8, 4) is 0 Å². The molecule has 5 nitrogen and oxygen atoms in total. The largest absolute Gasteiger partial charge is 0.437 e. The molecule has 162 valence electrons. The van der Waals surface area contributed by atoms with E-state index in [1.165, 1.54) is 6.07 Å². The Morgan fingerprint density at radius 1 is 1.10 bits per heavy atom. The van der Waals surface area contributed by atoms with Crippen LogP contribution >= 0.6 is 0 Å². The SMILES string of the molecule is CCc1ccccc1NC(=O)C1CCCN(c2nc3ccccc3nc2C(F)(F)F)C1. The van der Waals surface area contributed by atoms with Gasteiger partial charge in [0.25, 0.3) is 0 Å². The number of rotatable bonds is 4. The highest BCUT2D eigenvalue weighted by Gasteiger charge is 2.40. The Kier molecular flexibility index (Phi) is 5.80. The number of fused-ring (bicyclic) bond motifs is 1. The van der Waals surface area contributed by atoms with Gasteiger partial charge in [-0.1, -0.05) is 37.3 Å². The number of carbonyl (C=O) groups excluding carboxylic acids is 1. The highest BCUT2D eigenvalue weighted by atomic mass is 19.4. The molecule has 1 atom stereocenters. The molecule has 3 aromatic rings. The monoisotopic (exact) mass is 428 g/mol. The van der Waals surface area contributed by atoms with Crippen LogP contribution in [0, 0.1) is 5.92 Å². The van der Waals surface area contributed by atoms with Crippen LogP contribution in [-0.4, -0.2) is 29.0 Å². The third kappa shape index (κ3) is 4.47. The van der Waals surface area contributed by atoms with Gasteiger partial charge in [0.05, 0.1) is 17.0 Å². The number of nitrogens with one attached hydrogen (secondary N) is 1. The summed E-state index contributed by atoms with van der Waals surface area (Å²) in [6.45, 7) is 2.56. The number of nitrogens with zero attached hydrogens (tertiary/aromatic N) is 3. The van der Waals surface area contributed by atoms with Gasteiger partial charge in [0.1, 0.15) is 0 Å². The van der Waals surface area contributed by atoms with E-state index in [1.54, 1.807) is 23.1 Å². The summed E-state index contributed by atoms with van der Waals surface area (Å²) in [5.74, 6) is -0.835. The lowest BCUT2D eigenvalue weighted by atomic mass is 9.96. The van der Waals surface area contributed by atoms with Gasteiger partial charge in [0.2, 0.25) is 5.91 Å². The van der Waals surface area contributed by atoms with E-state index in [-0.39, 0.29) is 23.8 Å². The molecule has 1 aliphatic rings. The number of anilines is 2. The molecule has 1 unspecified atom stereocenters. The first-order chi connectivity index (χ1) is 14.9. The zero-order valence-corrected chi connectivity index (χ0v) is 17.1. The number of aryl methyl sites for hydroxylation is 1. The summed E-state index contributed by atoms with van der Waals surface area (Å²) in [5.41, 5.74) is 1.34. The summed E-state index contributed by atoms with van der Waals surface area (Å²) in [6.07, 6.45) is -2.66. The Hall–Kier alpha value is -3.16. The van der Waals surface area contributed by atoms with Crippen molar-refractivity contribution in [2.75, 3.05) is 23.3 Å². The van der Waals surface area contributed by atoms with Crippen molar-refractivity contribution < 1.29 is 18.0 Å². The van der Waals surface area contributed by atoms with E-state index in [0.717, 1.165) is 17.7 Å². The molecule has 0 saturated carbocycles. The number of alkyl halides is 3. The van der Waals surface area contributed by atoms with E-state index in [2.05, 4.69) is 15.3 Å². The van der Waals surface area contributed by atoms with Crippen molar-refractivity contribution in [3.05, 3.63) is 59.8 Å². The number of benzene rings is 2. The lowest BCUT2D eigenvalue weighted by Gasteiger charge is -2.34. The molecule has 31 heavy (non-hydrogen) atoms. The van der Waals surface area contributed by atoms with Crippen LogP contribution < -0.4 is 10.2 Å². The minimum Gasteiger partial charge on any atom is -0.354 e. The Labute approximate surface area is 178 Å². The van der Waals surface area contributed by atoms with Crippen LogP contribution in [0.2, 0.25) is 0 Å². The third-order valence-corrected chi connectivity index (χ3v) is 5.57. The summed E-state index contributed by atoms with van der Waals surface area (Å²) >= 11 is 0. The van der Waals surface area contributed by atoms with Gasteiger partial charge >= 0.3 is 6.18 Å². The van der Waals surface area contributed by atoms with Crippen LogP contribution in [0.25, 0.3) is 11.0 Å². The molecule has 1 fully saturated rings. The van der Waals surface area contributed by atoms with Crippen molar-refractivity contribution in [1.82, 2.24) is 9.97 Å². The molecular weight excluding hydrogens is 405 g/mol. The van der Waals surface area contributed by atoms with Crippen molar-refractivity contribution in [2.24, 2.45) is 5.92 Å². The minimum absolute atomic E-state index is 0.163. The van der Waals surface area contributed by atoms with E-state index in [1.807, 2.05) is 31.2 Å². The van der Waals surface area contributed by atoms with Gasteiger partial charge in [-0.15, -0.1) is 0 Å². The Balaban J connectivity index is 1.61. The molecule has 4 rings (SSSR count). The summed E-state index contributed by atoms with van der Waals surface area (Å²) in [5, 5.41) is 2.95. The van der Waals surface area contributed by atoms with Crippen LogP contribution in [0.15, 0.2) is 48.5 Å². The molecule has 0 radical (unpaired) electrons. The van der Waals surface area contributed by atoms with E-state index in [4.69, 9.17) is 0 Å². The molecule has 2 aromatic carbocycles. The predicted octanol–water partition coefficient (Wildman–Crippen LogP) is 5.07. The Morgan fingerprint density at radius 3 is 2.48 bits per heavy atom. The minimum atomic E-state index is -4.64. The zero-order valence-electron chi connectivity index (χ0n) is 17.1. The van der Waals surface area contributed by atoms with Crippen LogP contribution in [0.1, 0.15) is 31.0 Å². The molecule has 1 aliphatic heterocycles. The maximum absolute atomic E-state index is 13.7. The fraction of sp³-hybridized carbons (Fsp3) is 0.348. The molecule has 0 spiro atoms. The van der Waals surface area contributed by atoms with E-state index in [9.17, 15) is 18.0 Å². The van der Waals surface area contributed by atoms with Crippen molar-refractivity contribution in [2.45, 2.75) is 32.4 Å². The maximum atomic E-state index is 13.7. The molecule has 1 N–H and O–H groups in total. The number of amides is 1. The first-order valence-electron chi connectivity index (χ1n) is 10.3. The fourth-order valence-electron chi connectivity index (χ4n) is 3.97. The van der Waals surface area contributed by atoms with Gasteiger partial charge in [-0.05, 0) is 43.0 Å². The molecule has 0 bridgehead atoms. The van der Waals surface area contributed by atoms with Gasteiger partial charge in [-0.25, -0.2) is 9.97 Å². The van der Waals surface area contributed by atoms with E-state index < -0.39 is 17.8 Å². The second-order valence-corrected chi connectivity index (χ2v) is 7.67. The molecule has 1 saturated heterocycles. The standard InChI is InChI=1S/C23H23F3N4O/c1-2-15-8-3-4-10-17(15)29-22(31)16-9-7-13-30(14-16)21-20(23(24,25)26)27-18-11-5-6-12-19(18)28-21/h3-6,8,10-12,16H,2,7,9,13-14H2,1H3,(H,29,31). The Morgan fingerprint density at radius 2 is 1.77 bits per heavy atom. The van der Waals surface area contributed by atoms with E-state index >= 15 is 0 Å². The molecular formula is C23H23F3N4O. The summed E-state index contributed by atoms with van der Waals surface area (Å²) in [7, 11) is 0. The van der Waals surface area contributed by atoms with Crippen LogP contribution in [0.3, 0.4) is 0 Å². The van der Waals surface area contributed by atoms with Crippen LogP contribution in [-0.2, 0) is 17.4 Å². The van der Waals surface area contributed by atoms with Gasteiger partial charge in [-0.2, -0.15) is 13.2 Å². The lowest BCUT2D eigenvalue weighted by Crippen LogP contribution is -2.42. The zero-order chi connectivity index (χ0) is 22.0. The summed E-state index contributed by atoms with van der Waals surface area (Å²) < 4.78 is 41.2. The lowest BCUT2D eigenvalue weighted by molar-refractivity contribution is -0.140. The molecule has 1 amide bonds. The van der Waals surface area contributed by atoms with Crippen LogP contribution in [0.5, 0.6) is 0 Å². The fourth-order valence-corrected chi connectivity index (χ4v) is 3.97. The normalized spacial score (nSPS) is 17.0. The topological polar surface area (TPSA) is 58.1 Å². The van der Waals surface area contributed by atoms with Gasteiger partial charge < -0.3 is 10.2 Å². The van der Waals surface area contributed by atoms with Crippen LogP contribution in [0.4, 0.5) is 24.7 Å². The average Bonchev–Trinajstić information content (AvgIpc) is 2.78. The van der Waals surface area contributed by atoms with Gasteiger partial charge in [0.15, 0.2) is 11.5 Å². The maximum Gasteiger partial charge on any atom is 0.437 e. The van der Waals surface area contributed by atoms with Crippen molar-refractivity contribution >= 4 is 28.4 Å². The highest BCUT2D eigenvalue weighted by molar-refractivity contribution is 5.93. The molecule has 8 heteroatoms. The third-order valence-electron chi connectivity index (χ3n) is 5.57. The quantitative estimate of drug-likeness (QED) is 0.631. The first kappa shape index (κ1) is 21.1. The second-order valence-electron chi connectivity index (χ2n) is 7.67. The number of hydrogen-bond donors (Lipinski definition) is 1. The van der Waals surface area contributed by atoms with Crippen molar-refractivity contribution in [3.63, 3.8) is 0 Å². The number of para-hydroxylation sites is 3. The molecule has 0 aliphatic carbocycles. The second kappa shape index (κ2) is 8.53.